The van der Waals surface area contributed by atoms with Crippen LogP contribution in [0, 0.1) is 5.92 Å². The Kier molecular flexibility index (Phi) is 6.79. The fourth-order valence-corrected chi connectivity index (χ4v) is 4.70. The zero-order chi connectivity index (χ0) is 18.0. The molecule has 1 aromatic carbocycles. The number of nitrogens with zero attached hydrogens (tertiary/aromatic N) is 1. The van der Waals surface area contributed by atoms with E-state index in [2.05, 4.69) is 10.0 Å². The number of piperidine rings is 1. The van der Waals surface area contributed by atoms with Crippen LogP contribution in [0.25, 0.3) is 0 Å². The van der Waals surface area contributed by atoms with Gasteiger partial charge >= 0.3 is 0 Å². The van der Waals surface area contributed by atoms with E-state index in [1.807, 2.05) is 6.92 Å². The summed E-state index contributed by atoms with van der Waals surface area (Å²) < 4.78 is 27.3. The first-order valence-electron chi connectivity index (χ1n) is 8.55. The first-order valence-corrected chi connectivity index (χ1v) is 10.2. The molecule has 0 spiro atoms. The third-order valence-electron chi connectivity index (χ3n) is 4.83. The Morgan fingerprint density at radius 3 is 2.38 bits per heavy atom. The number of hydrogen-bond donors (Lipinski definition) is 2. The van der Waals surface area contributed by atoms with Gasteiger partial charge < -0.3 is 5.32 Å². The molecule has 2 aliphatic heterocycles. The number of halogens is 1. The van der Waals surface area contributed by atoms with E-state index in [0.29, 0.717) is 17.7 Å². The molecule has 2 unspecified atom stereocenters. The lowest BCUT2D eigenvalue weighted by Crippen LogP contribution is -2.50. The number of sulfonamides is 1. The molecule has 0 bridgehead atoms. The van der Waals surface area contributed by atoms with Crippen molar-refractivity contribution < 1.29 is 18.0 Å². The quantitative estimate of drug-likeness (QED) is 0.693. The molecule has 1 aromatic rings. The Bertz CT molecular complexity index is 749. The highest BCUT2D eigenvalue weighted by atomic mass is 35.5. The van der Waals surface area contributed by atoms with E-state index in [1.54, 1.807) is 24.3 Å². The first-order chi connectivity index (χ1) is 11.9. The number of hydrogen-bond acceptors (Lipinski definition) is 5. The van der Waals surface area contributed by atoms with Crippen LogP contribution in [-0.2, 0) is 10.0 Å². The van der Waals surface area contributed by atoms with E-state index < -0.39 is 10.0 Å². The fourth-order valence-electron chi connectivity index (χ4n) is 3.29. The number of imide groups is 1. The van der Waals surface area contributed by atoms with Crippen molar-refractivity contribution in [3.63, 3.8) is 0 Å². The smallest absolute Gasteiger partial charge is 0.261 e. The average Bonchev–Trinajstić information content (AvgIpc) is 2.82. The summed E-state index contributed by atoms with van der Waals surface area (Å²) in [6, 6.07) is 6.54. The van der Waals surface area contributed by atoms with Crippen molar-refractivity contribution >= 4 is 34.2 Å². The van der Waals surface area contributed by atoms with Gasteiger partial charge in [0.05, 0.1) is 16.9 Å². The van der Waals surface area contributed by atoms with Gasteiger partial charge in [-0.1, -0.05) is 19.1 Å². The van der Waals surface area contributed by atoms with Gasteiger partial charge in [-0.2, -0.15) is 0 Å². The maximum absolute atomic E-state index is 12.3. The van der Waals surface area contributed by atoms with E-state index in [1.165, 1.54) is 0 Å². The monoisotopic (exact) mass is 401 g/mol. The molecular weight excluding hydrogens is 378 g/mol. The Labute approximate surface area is 160 Å². The van der Waals surface area contributed by atoms with Crippen LogP contribution in [0.1, 0.15) is 40.5 Å². The minimum Gasteiger partial charge on any atom is -0.315 e. The minimum absolute atomic E-state index is 0. The lowest BCUT2D eigenvalue weighted by atomic mass is 9.96. The second-order valence-corrected chi connectivity index (χ2v) is 8.55. The Balaban J connectivity index is 0.00000243. The highest BCUT2D eigenvalue weighted by Crippen LogP contribution is 2.22. The number of fused-ring (bicyclic) bond motifs is 1. The molecule has 144 valence electrons. The molecule has 9 heteroatoms. The van der Waals surface area contributed by atoms with Crippen molar-refractivity contribution in [1.82, 2.24) is 14.9 Å². The van der Waals surface area contributed by atoms with Crippen molar-refractivity contribution in [2.24, 2.45) is 5.92 Å². The van der Waals surface area contributed by atoms with E-state index in [9.17, 15) is 18.0 Å². The van der Waals surface area contributed by atoms with Crippen molar-refractivity contribution in [3.05, 3.63) is 35.4 Å². The number of carbonyl (C=O) groups is 2. The van der Waals surface area contributed by atoms with Crippen molar-refractivity contribution in [2.45, 2.75) is 25.8 Å². The van der Waals surface area contributed by atoms with Crippen LogP contribution >= 0.6 is 12.4 Å². The molecule has 3 rings (SSSR count). The first kappa shape index (κ1) is 20.8. The number of carbonyl (C=O) groups excluding carboxylic acids is 2. The van der Waals surface area contributed by atoms with Crippen molar-refractivity contribution in [1.29, 1.82) is 0 Å². The predicted molar refractivity (Wildman–Crippen MR) is 101 cm³/mol. The zero-order valence-electron chi connectivity index (χ0n) is 14.6. The van der Waals surface area contributed by atoms with Crippen LogP contribution in [0.15, 0.2) is 24.3 Å². The highest BCUT2D eigenvalue weighted by molar-refractivity contribution is 7.89. The molecule has 0 radical (unpaired) electrons. The summed E-state index contributed by atoms with van der Waals surface area (Å²) in [5.74, 6) is -0.525. The predicted octanol–water partition coefficient (Wildman–Crippen LogP) is 1.01. The summed E-state index contributed by atoms with van der Waals surface area (Å²) in [4.78, 5) is 25.6. The Hall–Kier alpha value is -1.48. The second-order valence-electron chi connectivity index (χ2n) is 6.67. The Morgan fingerprint density at radius 1 is 1.19 bits per heavy atom. The molecule has 0 aromatic heterocycles. The third-order valence-corrected chi connectivity index (χ3v) is 6.32. The van der Waals surface area contributed by atoms with Crippen LogP contribution in [0.5, 0.6) is 0 Å². The SMILES string of the molecule is CC1CCNCC1NS(=O)(=O)CCCN1C(=O)c2ccccc2C1=O.Cl. The highest BCUT2D eigenvalue weighted by Gasteiger charge is 2.35. The zero-order valence-corrected chi connectivity index (χ0v) is 16.2. The molecule has 0 saturated carbocycles. The summed E-state index contributed by atoms with van der Waals surface area (Å²) in [6.07, 6.45) is 1.15. The number of nitrogens with one attached hydrogen (secondary N) is 2. The van der Waals surface area contributed by atoms with E-state index >= 15 is 0 Å². The molecule has 2 aliphatic rings. The molecule has 2 atom stereocenters. The molecule has 2 N–H and O–H groups in total. The minimum atomic E-state index is -3.45. The normalized spacial score (nSPS) is 22.9. The number of benzene rings is 1. The maximum Gasteiger partial charge on any atom is 0.261 e. The summed E-state index contributed by atoms with van der Waals surface area (Å²) >= 11 is 0. The van der Waals surface area contributed by atoms with Crippen LogP contribution in [0.3, 0.4) is 0 Å². The van der Waals surface area contributed by atoms with Gasteiger partial charge in [0.2, 0.25) is 10.0 Å². The third kappa shape index (κ3) is 4.43. The van der Waals surface area contributed by atoms with Gasteiger partial charge in [-0.05, 0) is 37.4 Å². The standard InChI is InChI=1S/C17H23N3O4S.ClH/c1-12-7-8-18-11-15(12)19-25(23,24)10-4-9-20-16(21)13-5-2-3-6-14(13)17(20)22;/h2-3,5-6,12,15,18-19H,4,7-11H2,1H3;1H. The van der Waals surface area contributed by atoms with Crippen LogP contribution in [-0.4, -0.2) is 56.6 Å². The molecule has 2 amide bonds. The molecule has 26 heavy (non-hydrogen) atoms. The lowest BCUT2D eigenvalue weighted by molar-refractivity contribution is 0.0654. The van der Waals surface area contributed by atoms with Crippen LogP contribution in [0.2, 0.25) is 0 Å². The van der Waals surface area contributed by atoms with Crippen molar-refractivity contribution in [3.8, 4) is 0 Å². The molecule has 1 saturated heterocycles. The average molecular weight is 402 g/mol. The van der Waals surface area contributed by atoms with Gasteiger partial charge in [0, 0.05) is 19.1 Å². The van der Waals surface area contributed by atoms with Gasteiger partial charge in [0.15, 0.2) is 0 Å². The molecular formula is C17H24ClN3O4S. The van der Waals surface area contributed by atoms with Crippen LogP contribution in [0.4, 0.5) is 0 Å². The van der Waals surface area contributed by atoms with E-state index in [-0.39, 0.29) is 54.9 Å². The van der Waals surface area contributed by atoms with Gasteiger partial charge in [-0.3, -0.25) is 14.5 Å². The number of rotatable bonds is 6. The van der Waals surface area contributed by atoms with Gasteiger partial charge in [-0.25, -0.2) is 13.1 Å². The largest absolute Gasteiger partial charge is 0.315 e. The molecule has 2 heterocycles. The fraction of sp³-hybridized carbons (Fsp3) is 0.529. The summed E-state index contributed by atoms with van der Waals surface area (Å²) in [6.45, 7) is 3.66. The topological polar surface area (TPSA) is 95.6 Å². The second kappa shape index (κ2) is 8.47. The van der Waals surface area contributed by atoms with Gasteiger partial charge in [-0.15, -0.1) is 12.4 Å². The van der Waals surface area contributed by atoms with E-state index in [0.717, 1.165) is 17.9 Å². The van der Waals surface area contributed by atoms with Crippen LogP contribution < -0.4 is 10.0 Å². The number of amides is 2. The summed E-state index contributed by atoms with van der Waals surface area (Å²) in [7, 11) is -3.45. The van der Waals surface area contributed by atoms with Gasteiger partial charge in [0.1, 0.15) is 0 Å². The lowest BCUT2D eigenvalue weighted by Gasteiger charge is -2.30. The summed E-state index contributed by atoms with van der Waals surface area (Å²) in [5.41, 5.74) is 0.770. The molecule has 7 nitrogen and oxygen atoms in total. The van der Waals surface area contributed by atoms with E-state index in [4.69, 9.17) is 0 Å². The Morgan fingerprint density at radius 2 is 1.81 bits per heavy atom. The molecule has 1 fully saturated rings. The summed E-state index contributed by atoms with van der Waals surface area (Å²) in [5, 5.41) is 3.19. The molecule has 0 aliphatic carbocycles. The van der Waals surface area contributed by atoms with Crippen molar-refractivity contribution in [2.75, 3.05) is 25.4 Å². The van der Waals surface area contributed by atoms with Gasteiger partial charge in [0.25, 0.3) is 11.8 Å². The maximum atomic E-state index is 12.3.